The Labute approximate surface area is 346 Å². The highest BCUT2D eigenvalue weighted by atomic mass is 16.3. The summed E-state index contributed by atoms with van der Waals surface area (Å²) in [6, 6.07) is -0.613. The van der Waals surface area contributed by atoms with Crippen LogP contribution in [0.3, 0.4) is 0 Å². The first kappa shape index (κ1) is 54.1. The molecule has 3 N–H and O–H groups in total. The van der Waals surface area contributed by atoms with Gasteiger partial charge in [-0.1, -0.05) is 283 Å². The molecule has 0 aromatic carbocycles. The number of aliphatic hydroxyl groups excluding tert-OH is 2. The number of allylic oxidation sites excluding steroid dienone is 1. The number of nitrogens with one attached hydrogen (secondary N) is 1. The highest BCUT2D eigenvalue weighted by Gasteiger charge is 2.17. The van der Waals surface area contributed by atoms with Crippen LogP contribution in [0.4, 0.5) is 0 Å². The second-order valence-electron chi connectivity index (χ2n) is 17.6. The monoisotopic (exact) mass is 776 g/mol. The third-order valence-corrected chi connectivity index (χ3v) is 12.0. The van der Waals surface area contributed by atoms with E-state index in [1.54, 1.807) is 6.08 Å². The van der Waals surface area contributed by atoms with Crippen molar-refractivity contribution in [2.45, 2.75) is 302 Å². The molecule has 0 saturated heterocycles. The van der Waals surface area contributed by atoms with E-state index in [0.717, 1.165) is 25.7 Å². The summed E-state index contributed by atoms with van der Waals surface area (Å²) in [4.78, 5) is 12.2. The first-order valence-corrected chi connectivity index (χ1v) is 25.4. The topological polar surface area (TPSA) is 69.6 Å². The van der Waals surface area contributed by atoms with Crippen molar-refractivity contribution in [2.24, 2.45) is 0 Å². The molecule has 328 valence electrons. The summed E-state index contributed by atoms with van der Waals surface area (Å²) in [6.07, 6.45) is 61.8. The Balaban J connectivity index is 3.20. The van der Waals surface area contributed by atoms with Gasteiger partial charge in [-0.3, -0.25) is 4.79 Å². The van der Waals surface area contributed by atoms with Crippen LogP contribution in [0.15, 0.2) is 12.2 Å². The van der Waals surface area contributed by atoms with Crippen molar-refractivity contribution >= 4 is 5.91 Å². The van der Waals surface area contributed by atoms with Crippen LogP contribution < -0.4 is 5.32 Å². The van der Waals surface area contributed by atoms with Crippen LogP contribution in [0.1, 0.15) is 290 Å². The maximum Gasteiger partial charge on any atom is 0.220 e. The van der Waals surface area contributed by atoms with Crippen molar-refractivity contribution in [1.82, 2.24) is 5.32 Å². The molecule has 0 aromatic heterocycles. The largest absolute Gasteiger partial charge is 0.394 e. The second kappa shape index (κ2) is 47.5. The molecule has 0 aliphatic heterocycles. The molecule has 55 heavy (non-hydrogen) atoms. The SMILES string of the molecule is CCC/C=C/C(O)C(CO)NC(=O)CCCCCCCCCCCCCCCCCCCCCCCCCCCCCCCCCCCCCCCCCC. The summed E-state index contributed by atoms with van der Waals surface area (Å²) in [6.45, 7) is 4.14. The fourth-order valence-corrected chi connectivity index (χ4v) is 8.13. The molecule has 2 unspecified atom stereocenters. The van der Waals surface area contributed by atoms with Crippen LogP contribution in [-0.4, -0.2) is 34.9 Å². The molecular weight excluding hydrogens is 675 g/mol. The Bertz CT molecular complexity index is 754. The molecule has 2 atom stereocenters. The van der Waals surface area contributed by atoms with E-state index in [-0.39, 0.29) is 12.5 Å². The summed E-state index contributed by atoms with van der Waals surface area (Å²) in [5, 5.41) is 22.4. The minimum absolute atomic E-state index is 0.0707. The van der Waals surface area contributed by atoms with Crippen LogP contribution in [0.5, 0.6) is 0 Å². The molecule has 4 heteroatoms. The Morgan fingerprint density at radius 2 is 0.673 bits per heavy atom. The van der Waals surface area contributed by atoms with Crippen molar-refractivity contribution < 1.29 is 15.0 Å². The number of amides is 1. The normalized spacial score (nSPS) is 12.9. The zero-order chi connectivity index (χ0) is 40.0. The number of carbonyl (C=O) groups excluding carboxylic acids is 1. The average Bonchev–Trinajstić information content (AvgIpc) is 3.19. The highest BCUT2D eigenvalue weighted by Crippen LogP contribution is 2.18. The third-order valence-electron chi connectivity index (χ3n) is 12.0. The van der Waals surface area contributed by atoms with Crippen molar-refractivity contribution in [3.63, 3.8) is 0 Å². The van der Waals surface area contributed by atoms with Crippen molar-refractivity contribution in [3.05, 3.63) is 12.2 Å². The Hall–Kier alpha value is -0.870. The minimum atomic E-state index is -0.831. The molecule has 0 bridgehead atoms. The van der Waals surface area contributed by atoms with Gasteiger partial charge >= 0.3 is 0 Å². The molecule has 0 aliphatic carbocycles. The van der Waals surface area contributed by atoms with E-state index in [1.165, 1.54) is 244 Å². The second-order valence-corrected chi connectivity index (χ2v) is 17.6. The highest BCUT2D eigenvalue weighted by molar-refractivity contribution is 5.76. The van der Waals surface area contributed by atoms with Gasteiger partial charge in [0.1, 0.15) is 0 Å². The molecular formula is C51H101NO3. The molecule has 0 fully saturated rings. The summed E-state index contributed by atoms with van der Waals surface area (Å²) in [5.74, 6) is -0.0707. The molecule has 0 aromatic rings. The van der Waals surface area contributed by atoms with E-state index >= 15 is 0 Å². The maximum atomic E-state index is 12.2. The van der Waals surface area contributed by atoms with Gasteiger partial charge in [0.05, 0.1) is 18.8 Å². The number of unbranched alkanes of at least 4 members (excludes halogenated alkanes) is 40. The lowest BCUT2D eigenvalue weighted by atomic mass is 10.0. The molecule has 0 saturated carbocycles. The fourth-order valence-electron chi connectivity index (χ4n) is 8.13. The molecule has 0 rings (SSSR count). The fraction of sp³-hybridized carbons (Fsp3) is 0.941. The number of carbonyl (C=O) groups is 1. The first-order chi connectivity index (χ1) is 27.2. The van der Waals surface area contributed by atoms with E-state index in [4.69, 9.17) is 0 Å². The van der Waals surface area contributed by atoms with Crippen molar-refractivity contribution in [2.75, 3.05) is 6.61 Å². The van der Waals surface area contributed by atoms with E-state index < -0.39 is 12.1 Å². The van der Waals surface area contributed by atoms with Gasteiger partial charge in [0, 0.05) is 6.42 Å². The predicted octanol–water partition coefficient (Wildman–Crippen LogP) is 16.2. The lowest BCUT2D eigenvalue weighted by Crippen LogP contribution is -2.45. The van der Waals surface area contributed by atoms with E-state index in [2.05, 4.69) is 19.2 Å². The minimum Gasteiger partial charge on any atom is -0.394 e. The number of hydrogen-bond acceptors (Lipinski definition) is 3. The lowest BCUT2D eigenvalue weighted by Gasteiger charge is -2.19. The molecule has 0 radical (unpaired) electrons. The van der Waals surface area contributed by atoms with Gasteiger partial charge in [-0.15, -0.1) is 0 Å². The van der Waals surface area contributed by atoms with Gasteiger partial charge in [-0.05, 0) is 12.8 Å². The van der Waals surface area contributed by atoms with Crippen LogP contribution in [0.2, 0.25) is 0 Å². The van der Waals surface area contributed by atoms with Gasteiger partial charge in [0.25, 0.3) is 0 Å². The number of aliphatic hydroxyl groups is 2. The van der Waals surface area contributed by atoms with Crippen molar-refractivity contribution in [3.8, 4) is 0 Å². The number of hydrogen-bond donors (Lipinski definition) is 3. The van der Waals surface area contributed by atoms with Gasteiger partial charge in [-0.25, -0.2) is 0 Å². The van der Waals surface area contributed by atoms with Gasteiger partial charge < -0.3 is 15.5 Å². The van der Waals surface area contributed by atoms with E-state index in [0.29, 0.717) is 6.42 Å². The molecule has 0 spiro atoms. The zero-order valence-corrected chi connectivity index (χ0v) is 37.7. The molecule has 1 amide bonds. The van der Waals surface area contributed by atoms with Crippen molar-refractivity contribution in [1.29, 1.82) is 0 Å². The Morgan fingerprint density at radius 1 is 0.418 bits per heavy atom. The van der Waals surface area contributed by atoms with E-state index in [9.17, 15) is 15.0 Å². The van der Waals surface area contributed by atoms with E-state index in [1.807, 2.05) is 6.08 Å². The van der Waals surface area contributed by atoms with Crippen LogP contribution >= 0.6 is 0 Å². The van der Waals surface area contributed by atoms with Gasteiger partial charge in [0.15, 0.2) is 0 Å². The smallest absolute Gasteiger partial charge is 0.220 e. The summed E-state index contributed by atoms with van der Waals surface area (Å²) in [5.41, 5.74) is 0. The summed E-state index contributed by atoms with van der Waals surface area (Å²) >= 11 is 0. The summed E-state index contributed by atoms with van der Waals surface area (Å²) < 4.78 is 0. The van der Waals surface area contributed by atoms with Crippen LogP contribution in [-0.2, 0) is 4.79 Å². The first-order valence-electron chi connectivity index (χ1n) is 25.4. The quantitative estimate of drug-likeness (QED) is 0.0426. The average molecular weight is 776 g/mol. The maximum absolute atomic E-state index is 12.2. The number of rotatable bonds is 47. The lowest BCUT2D eigenvalue weighted by molar-refractivity contribution is -0.123. The standard InChI is InChI=1S/C51H101NO3/c1-3-5-7-8-9-10-11-12-13-14-15-16-17-18-19-20-21-22-23-24-25-26-27-28-29-30-31-32-33-34-35-36-37-38-39-40-41-42-43-45-47-51(55)52-49(48-53)50(54)46-44-6-4-2/h44,46,49-50,53-54H,3-43,45,47-48H2,1-2H3,(H,52,55)/b46-44+. The predicted molar refractivity (Wildman–Crippen MR) is 244 cm³/mol. The third kappa shape index (κ3) is 44.1. The summed E-state index contributed by atoms with van der Waals surface area (Å²) in [7, 11) is 0. The van der Waals surface area contributed by atoms with Gasteiger partial charge in [-0.2, -0.15) is 0 Å². The Morgan fingerprint density at radius 3 is 0.909 bits per heavy atom. The van der Waals surface area contributed by atoms with Crippen LogP contribution in [0.25, 0.3) is 0 Å². The van der Waals surface area contributed by atoms with Gasteiger partial charge in [0.2, 0.25) is 5.91 Å². The molecule has 0 aliphatic rings. The molecule has 4 nitrogen and oxygen atoms in total. The zero-order valence-electron chi connectivity index (χ0n) is 37.7. The van der Waals surface area contributed by atoms with Crippen LogP contribution in [0, 0.1) is 0 Å². The molecule has 0 heterocycles. The Kier molecular flexibility index (Phi) is 46.8.